The lowest BCUT2D eigenvalue weighted by atomic mass is 10.1. The van der Waals surface area contributed by atoms with Crippen LogP contribution in [0.5, 0.6) is 0 Å². The van der Waals surface area contributed by atoms with Crippen LogP contribution in [0.3, 0.4) is 0 Å². The fourth-order valence-corrected chi connectivity index (χ4v) is 1.92. The highest BCUT2D eigenvalue weighted by Gasteiger charge is 2.21. The lowest BCUT2D eigenvalue weighted by molar-refractivity contribution is -0.384. The molecule has 1 aromatic carbocycles. The molecule has 0 unspecified atom stereocenters. The van der Waals surface area contributed by atoms with Crippen molar-refractivity contribution >= 4 is 17.6 Å². The molecule has 0 aromatic heterocycles. The highest BCUT2D eigenvalue weighted by atomic mass is 16.6. The van der Waals surface area contributed by atoms with Gasteiger partial charge in [-0.3, -0.25) is 19.7 Å². The Morgan fingerprint density at radius 3 is 2.52 bits per heavy atom. The second-order valence-corrected chi connectivity index (χ2v) is 4.62. The van der Waals surface area contributed by atoms with Crippen molar-refractivity contribution in [1.82, 2.24) is 4.90 Å². The number of nitrogens with zero attached hydrogens (tertiary/aromatic N) is 2. The Labute approximate surface area is 122 Å². The van der Waals surface area contributed by atoms with Crippen molar-refractivity contribution < 1.29 is 19.2 Å². The van der Waals surface area contributed by atoms with Gasteiger partial charge in [0.2, 0.25) is 0 Å². The molecule has 0 atom stereocenters. The first-order valence-electron chi connectivity index (χ1n) is 6.51. The molecule has 0 N–H and O–H groups in total. The molecule has 1 amide bonds. The van der Waals surface area contributed by atoms with Gasteiger partial charge in [-0.25, -0.2) is 0 Å². The predicted octanol–water partition coefficient (Wildman–Crippen LogP) is 1.93. The summed E-state index contributed by atoms with van der Waals surface area (Å²) in [7, 11) is 1.24. The number of carbonyl (C=O) groups is 2. The summed E-state index contributed by atoms with van der Waals surface area (Å²) in [5.41, 5.74) is 0.661. The van der Waals surface area contributed by atoms with E-state index >= 15 is 0 Å². The molecule has 0 saturated heterocycles. The molecule has 21 heavy (non-hydrogen) atoms. The summed E-state index contributed by atoms with van der Waals surface area (Å²) in [5, 5.41) is 10.9. The average molecular weight is 294 g/mol. The van der Waals surface area contributed by atoms with Crippen molar-refractivity contribution in [3.8, 4) is 0 Å². The molecule has 0 fully saturated rings. The van der Waals surface area contributed by atoms with Crippen LogP contribution in [0.25, 0.3) is 0 Å². The van der Waals surface area contributed by atoms with Crippen molar-refractivity contribution in [2.75, 3.05) is 20.2 Å². The molecule has 0 spiro atoms. The number of rotatable bonds is 6. The molecule has 0 aliphatic heterocycles. The maximum atomic E-state index is 12.4. The first-order valence-corrected chi connectivity index (χ1v) is 6.51. The van der Waals surface area contributed by atoms with Gasteiger partial charge in [-0.15, -0.1) is 0 Å². The molecule has 0 heterocycles. The Balaban J connectivity index is 3.08. The van der Waals surface area contributed by atoms with Crippen LogP contribution in [-0.2, 0) is 9.53 Å². The number of benzene rings is 1. The zero-order valence-electron chi connectivity index (χ0n) is 12.3. The number of carbonyl (C=O) groups excluding carboxylic acids is 2. The van der Waals surface area contributed by atoms with Crippen molar-refractivity contribution in [2.45, 2.75) is 20.3 Å². The number of amides is 1. The molecular formula is C14H18N2O5. The average Bonchev–Trinajstić information content (AvgIpc) is 2.45. The van der Waals surface area contributed by atoms with Crippen LogP contribution in [0.4, 0.5) is 5.69 Å². The number of methoxy groups -OCH3 is 1. The van der Waals surface area contributed by atoms with Crippen LogP contribution < -0.4 is 0 Å². The van der Waals surface area contributed by atoms with E-state index in [1.807, 2.05) is 6.92 Å². The Bertz CT molecular complexity index is 556. The van der Waals surface area contributed by atoms with Crippen molar-refractivity contribution in [2.24, 2.45) is 0 Å². The quantitative estimate of drug-likeness (QED) is 0.454. The van der Waals surface area contributed by atoms with Crippen LogP contribution in [-0.4, -0.2) is 41.9 Å². The third-order valence-electron chi connectivity index (χ3n) is 2.85. The minimum atomic E-state index is -0.547. The van der Waals surface area contributed by atoms with Crippen LogP contribution in [0.2, 0.25) is 0 Å². The van der Waals surface area contributed by atoms with E-state index in [-0.39, 0.29) is 17.8 Å². The van der Waals surface area contributed by atoms with Crippen molar-refractivity contribution in [1.29, 1.82) is 0 Å². The van der Waals surface area contributed by atoms with Crippen LogP contribution >= 0.6 is 0 Å². The fourth-order valence-electron chi connectivity index (χ4n) is 1.92. The highest BCUT2D eigenvalue weighted by Crippen LogP contribution is 2.18. The molecule has 1 aromatic rings. The summed E-state index contributed by atoms with van der Waals surface area (Å²) in [6.45, 7) is 3.74. The Morgan fingerprint density at radius 2 is 2.00 bits per heavy atom. The van der Waals surface area contributed by atoms with Gasteiger partial charge in [-0.2, -0.15) is 0 Å². The second-order valence-electron chi connectivity index (χ2n) is 4.62. The normalized spacial score (nSPS) is 10.0. The lowest BCUT2D eigenvalue weighted by Gasteiger charge is -2.20. The monoisotopic (exact) mass is 294 g/mol. The largest absolute Gasteiger partial charge is 0.468 e. The van der Waals surface area contributed by atoms with Gasteiger partial charge < -0.3 is 9.64 Å². The number of non-ortho nitro benzene ring substituents is 1. The number of nitro groups is 1. The van der Waals surface area contributed by atoms with Gasteiger partial charge in [-0.05, 0) is 25.0 Å². The van der Waals surface area contributed by atoms with E-state index in [0.717, 1.165) is 0 Å². The number of aryl methyl sites for hydroxylation is 1. The topological polar surface area (TPSA) is 89.8 Å². The first kappa shape index (κ1) is 16.6. The molecule has 0 radical (unpaired) electrons. The zero-order chi connectivity index (χ0) is 16.0. The first-order chi connectivity index (χ1) is 9.88. The van der Waals surface area contributed by atoms with Gasteiger partial charge >= 0.3 is 5.97 Å². The van der Waals surface area contributed by atoms with Crippen molar-refractivity contribution in [3.05, 3.63) is 39.4 Å². The number of nitro benzene ring substituents is 1. The van der Waals surface area contributed by atoms with E-state index in [1.165, 1.54) is 24.1 Å². The second kappa shape index (κ2) is 7.37. The summed E-state index contributed by atoms with van der Waals surface area (Å²) in [6.07, 6.45) is 0.663. The summed E-state index contributed by atoms with van der Waals surface area (Å²) >= 11 is 0. The molecular weight excluding hydrogens is 276 g/mol. The van der Waals surface area contributed by atoms with Crippen molar-refractivity contribution in [3.63, 3.8) is 0 Å². The molecule has 0 aliphatic rings. The summed E-state index contributed by atoms with van der Waals surface area (Å²) in [4.78, 5) is 35.4. The van der Waals surface area contributed by atoms with Crippen LogP contribution in [0, 0.1) is 17.0 Å². The molecule has 1 rings (SSSR count). The number of hydrogen-bond donors (Lipinski definition) is 0. The smallest absolute Gasteiger partial charge is 0.325 e. The molecule has 0 aliphatic carbocycles. The maximum Gasteiger partial charge on any atom is 0.325 e. The zero-order valence-corrected chi connectivity index (χ0v) is 12.3. The molecule has 0 saturated carbocycles. The minimum absolute atomic E-state index is 0.145. The Morgan fingerprint density at radius 1 is 1.33 bits per heavy atom. The van der Waals surface area contributed by atoms with Gasteiger partial charge in [-0.1, -0.05) is 6.92 Å². The molecule has 7 nitrogen and oxygen atoms in total. The van der Waals surface area contributed by atoms with Gasteiger partial charge in [0.1, 0.15) is 6.54 Å². The van der Waals surface area contributed by atoms with E-state index in [0.29, 0.717) is 18.5 Å². The van der Waals surface area contributed by atoms with Gasteiger partial charge in [0.05, 0.1) is 12.0 Å². The van der Waals surface area contributed by atoms with Gasteiger partial charge in [0, 0.05) is 24.2 Å². The van der Waals surface area contributed by atoms with Crippen LogP contribution in [0.15, 0.2) is 18.2 Å². The van der Waals surface area contributed by atoms with E-state index in [2.05, 4.69) is 4.74 Å². The summed E-state index contributed by atoms with van der Waals surface area (Å²) in [5.74, 6) is -0.951. The number of hydrogen-bond acceptors (Lipinski definition) is 5. The Kier molecular flexibility index (Phi) is 5.83. The predicted molar refractivity (Wildman–Crippen MR) is 76.0 cm³/mol. The lowest BCUT2D eigenvalue weighted by Crippen LogP contribution is -2.36. The fraction of sp³-hybridized carbons (Fsp3) is 0.429. The highest BCUT2D eigenvalue weighted by molar-refractivity contribution is 5.96. The number of ether oxygens (including phenoxy) is 1. The van der Waals surface area contributed by atoms with E-state index < -0.39 is 16.8 Å². The van der Waals surface area contributed by atoms with E-state index in [1.54, 1.807) is 13.0 Å². The third-order valence-corrected chi connectivity index (χ3v) is 2.85. The van der Waals surface area contributed by atoms with E-state index in [4.69, 9.17) is 0 Å². The number of esters is 1. The standard InChI is InChI=1S/C14H18N2O5/c1-4-5-15(9-13(17)21-3)14(18)11-6-10(2)7-12(8-11)16(19)20/h6-8H,4-5,9H2,1-3H3. The third kappa shape index (κ3) is 4.55. The molecule has 0 bridgehead atoms. The molecule has 114 valence electrons. The SMILES string of the molecule is CCCN(CC(=O)OC)C(=O)c1cc(C)cc([N+](=O)[O-])c1. The van der Waals surface area contributed by atoms with E-state index in [9.17, 15) is 19.7 Å². The van der Waals surface area contributed by atoms with Crippen LogP contribution in [0.1, 0.15) is 29.3 Å². The van der Waals surface area contributed by atoms with Gasteiger partial charge in [0.25, 0.3) is 11.6 Å². The minimum Gasteiger partial charge on any atom is -0.468 e. The maximum absolute atomic E-state index is 12.4. The summed E-state index contributed by atoms with van der Waals surface area (Å²) < 4.78 is 4.56. The van der Waals surface area contributed by atoms with Gasteiger partial charge in [0.15, 0.2) is 0 Å². The molecule has 7 heteroatoms. The Hall–Kier alpha value is -2.44. The summed E-state index contributed by atoms with van der Waals surface area (Å²) in [6, 6.07) is 4.17.